The highest BCUT2D eigenvalue weighted by molar-refractivity contribution is 7.12. The van der Waals surface area contributed by atoms with Crippen molar-refractivity contribution < 1.29 is 0 Å². The van der Waals surface area contributed by atoms with Gasteiger partial charge in [0.05, 0.1) is 6.04 Å². The molecule has 1 aliphatic rings. The molecule has 0 saturated heterocycles. The molecule has 1 N–H and O–H groups in total. The van der Waals surface area contributed by atoms with Crippen molar-refractivity contribution in [2.75, 3.05) is 6.54 Å². The molecule has 1 aromatic heterocycles. The van der Waals surface area contributed by atoms with Crippen molar-refractivity contribution >= 4 is 11.3 Å². The average molecular weight is 285 g/mol. The Morgan fingerprint density at radius 3 is 2.65 bits per heavy atom. The normalized spacial score (nSPS) is 15.3. The molecule has 1 aromatic carbocycles. The lowest BCUT2D eigenvalue weighted by molar-refractivity contribution is 0.636. The summed E-state index contributed by atoms with van der Waals surface area (Å²) in [7, 11) is 0. The van der Waals surface area contributed by atoms with Crippen LogP contribution in [0.1, 0.15) is 51.4 Å². The Morgan fingerprint density at radius 2 is 1.95 bits per heavy atom. The van der Waals surface area contributed by atoms with E-state index in [1.807, 2.05) is 11.3 Å². The lowest BCUT2D eigenvalue weighted by atomic mass is 9.98. The van der Waals surface area contributed by atoms with Crippen LogP contribution < -0.4 is 5.32 Å². The minimum atomic E-state index is 0.351. The lowest BCUT2D eigenvalue weighted by Gasteiger charge is -2.19. The summed E-state index contributed by atoms with van der Waals surface area (Å²) < 4.78 is 0. The summed E-state index contributed by atoms with van der Waals surface area (Å²) in [5.41, 5.74) is 5.97. The highest BCUT2D eigenvalue weighted by Crippen LogP contribution is 2.34. The Balaban J connectivity index is 2.00. The number of rotatable bonds is 4. The topological polar surface area (TPSA) is 12.0 Å². The maximum Gasteiger partial charge on any atom is 0.0673 e. The molecule has 1 aliphatic carbocycles. The van der Waals surface area contributed by atoms with Crippen molar-refractivity contribution in [3.8, 4) is 0 Å². The van der Waals surface area contributed by atoms with E-state index in [0.29, 0.717) is 6.04 Å². The van der Waals surface area contributed by atoms with Gasteiger partial charge in [0.25, 0.3) is 0 Å². The first-order valence-electron chi connectivity index (χ1n) is 7.61. The third kappa shape index (κ3) is 2.55. The van der Waals surface area contributed by atoms with E-state index in [2.05, 4.69) is 50.4 Å². The fraction of sp³-hybridized carbons (Fsp3) is 0.444. The number of thiophene rings is 1. The molecule has 0 radical (unpaired) electrons. The standard InChI is InChI=1S/C18H23NS/c1-4-19-17(18-12(2)10-13(3)20-18)16-9-8-14-6-5-7-15(14)11-16/h8-11,17,19H,4-7H2,1-3H3. The fourth-order valence-electron chi connectivity index (χ4n) is 3.28. The van der Waals surface area contributed by atoms with E-state index in [4.69, 9.17) is 0 Å². The summed E-state index contributed by atoms with van der Waals surface area (Å²) >= 11 is 1.93. The van der Waals surface area contributed by atoms with E-state index in [1.54, 1.807) is 11.1 Å². The molecular weight excluding hydrogens is 262 g/mol. The molecule has 1 unspecified atom stereocenters. The Bertz CT molecular complexity index is 612. The van der Waals surface area contributed by atoms with Crippen LogP contribution in [0, 0.1) is 13.8 Å². The Kier molecular flexibility index (Phi) is 3.95. The smallest absolute Gasteiger partial charge is 0.0673 e. The minimum Gasteiger partial charge on any atom is -0.306 e. The number of hydrogen-bond acceptors (Lipinski definition) is 2. The van der Waals surface area contributed by atoms with Crippen LogP contribution in [0.5, 0.6) is 0 Å². The molecule has 2 heteroatoms. The summed E-state index contributed by atoms with van der Waals surface area (Å²) in [6, 6.07) is 9.76. The van der Waals surface area contributed by atoms with Crippen molar-refractivity contribution in [2.45, 2.75) is 46.1 Å². The molecule has 2 aromatic rings. The van der Waals surface area contributed by atoms with Crippen LogP contribution in [0.3, 0.4) is 0 Å². The van der Waals surface area contributed by atoms with Crippen molar-refractivity contribution in [1.82, 2.24) is 5.32 Å². The molecule has 0 fully saturated rings. The van der Waals surface area contributed by atoms with Crippen LogP contribution in [-0.4, -0.2) is 6.54 Å². The van der Waals surface area contributed by atoms with Crippen molar-refractivity contribution in [3.63, 3.8) is 0 Å². The van der Waals surface area contributed by atoms with E-state index in [0.717, 1.165) is 6.54 Å². The van der Waals surface area contributed by atoms with E-state index in [9.17, 15) is 0 Å². The highest BCUT2D eigenvalue weighted by Gasteiger charge is 2.20. The first-order valence-corrected chi connectivity index (χ1v) is 8.42. The lowest BCUT2D eigenvalue weighted by Crippen LogP contribution is -2.21. The third-order valence-electron chi connectivity index (χ3n) is 4.21. The SMILES string of the molecule is CCNC(c1ccc2c(c1)CCC2)c1sc(C)cc1C. The van der Waals surface area contributed by atoms with Crippen LogP contribution in [0.25, 0.3) is 0 Å². The Hall–Kier alpha value is -1.12. The Labute approximate surface area is 126 Å². The molecule has 0 aliphatic heterocycles. The molecule has 0 spiro atoms. The molecule has 1 atom stereocenters. The van der Waals surface area contributed by atoms with Crippen LogP contribution >= 0.6 is 11.3 Å². The second-order valence-electron chi connectivity index (χ2n) is 5.78. The fourth-order valence-corrected chi connectivity index (χ4v) is 4.42. The largest absolute Gasteiger partial charge is 0.306 e. The summed E-state index contributed by atoms with van der Waals surface area (Å²) in [6.45, 7) is 7.62. The zero-order valence-electron chi connectivity index (χ0n) is 12.6. The first-order chi connectivity index (χ1) is 9.69. The van der Waals surface area contributed by atoms with Gasteiger partial charge in [0.1, 0.15) is 0 Å². The molecular formula is C18H23NS. The first kappa shape index (κ1) is 13.8. The highest BCUT2D eigenvalue weighted by atomic mass is 32.1. The molecule has 106 valence electrons. The molecule has 1 heterocycles. The van der Waals surface area contributed by atoms with Crippen LogP contribution in [0.2, 0.25) is 0 Å². The number of benzene rings is 1. The van der Waals surface area contributed by atoms with Gasteiger partial charge in [-0.15, -0.1) is 11.3 Å². The second-order valence-corrected chi connectivity index (χ2v) is 7.06. The van der Waals surface area contributed by atoms with Gasteiger partial charge < -0.3 is 5.32 Å². The van der Waals surface area contributed by atoms with Gasteiger partial charge in [-0.05, 0) is 68.0 Å². The number of fused-ring (bicyclic) bond motifs is 1. The number of aryl methyl sites for hydroxylation is 4. The van der Waals surface area contributed by atoms with Gasteiger partial charge in [-0.3, -0.25) is 0 Å². The van der Waals surface area contributed by atoms with E-state index in [1.165, 1.54) is 40.1 Å². The zero-order chi connectivity index (χ0) is 14.1. The van der Waals surface area contributed by atoms with Crippen LogP contribution in [0.4, 0.5) is 0 Å². The van der Waals surface area contributed by atoms with E-state index < -0.39 is 0 Å². The van der Waals surface area contributed by atoms with Crippen LogP contribution in [0.15, 0.2) is 24.3 Å². The predicted molar refractivity (Wildman–Crippen MR) is 87.8 cm³/mol. The molecule has 1 nitrogen and oxygen atoms in total. The van der Waals surface area contributed by atoms with Gasteiger partial charge in [-0.2, -0.15) is 0 Å². The number of hydrogen-bond donors (Lipinski definition) is 1. The van der Waals surface area contributed by atoms with Crippen molar-refractivity contribution in [2.24, 2.45) is 0 Å². The van der Waals surface area contributed by atoms with Gasteiger partial charge in [-0.1, -0.05) is 25.1 Å². The molecule has 0 bridgehead atoms. The van der Waals surface area contributed by atoms with Gasteiger partial charge in [0.15, 0.2) is 0 Å². The van der Waals surface area contributed by atoms with Gasteiger partial charge >= 0.3 is 0 Å². The monoisotopic (exact) mass is 285 g/mol. The molecule has 20 heavy (non-hydrogen) atoms. The molecule has 0 amide bonds. The maximum absolute atomic E-state index is 3.67. The van der Waals surface area contributed by atoms with Crippen molar-refractivity contribution in [1.29, 1.82) is 0 Å². The summed E-state index contributed by atoms with van der Waals surface area (Å²) in [6.07, 6.45) is 3.84. The summed E-state index contributed by atoms with van der Waals surface area (Å²) in [5.74, 6) is 0. The molecule has 3 rings (SSSR count). The van der Waals surface area contributed by atoms with Gasteiger partial charge in [-0.25, -0.2) is 0 Å². The van der Waals surface area contributed by atoms with Crippen molar-refractivity contribution in [3.05, 3.63) is 56.3 Å². The predicted octanol–water partition coefficient (Wildman–Crippen LogP) is 4.55. The summed E-state index contributed by atoms with van der Waals surface area (Å²) in [4.78, 5) is 2.88. The Morgan fingerprint density at radius 1 is 1.15 bits per heavy atom. The van der Waals surface area contributed by atoms with Gasteiger partial charge in [0.2, 0.25) is 0 Å². The average Bonchev–Trinajstić information content (AvgIpc) is 3.01. The number of nitrogens with one attached hydrogen (secondary N) is 1. The zero-order valence-corrected chi connectivity index (χ0v) is 13.4. The maximum atomic E-state index is 3.67. The molecule has 0 saturated carbocycles. The van der Waals surface area contributed by atoms with Gasteiger partial charge in [0, 0.05) is 9.75 Å². The summed E-state index contributed by atoms with van der Waals surface area (Å²) in [5, 5.41) is 3.67. The van der Waals surface area contributed by atoms with E-state index in [-0.39, 0.29) is 0 Å². The minimum absolute atomic E-state index is 0.351. The van der Waals surface area contributed by atoms with E-state index >= 15 is 0 Å². The third-order valence-corrected chi connectivity index (χ3v) is 5.42. The second kappa shape index (κ2) is 5.71. The van der Waals surface area contributed by atoms with Crippen LogP contribution in [-0.2, 0) is 12.8 Å². The quantitative estimate of drug-likeness (QED) is 0.869.